The minimum absolute atomic E-state index is 0.0901. The summed E-state index contributed by atoms with van der Waals surface area (Å²) >= 11 is 5.97. The van der Waals surface area contributed by atoms with Crippen LogP contribution in [0.5, 0.6) is 0 Å². The van der Waals surface area contributed by atoms with Crippen LogP contribution in [0.25, 0.3) is 0 Å². The normalized spacial score (nSPS) is 12.6. The molecule has 1 atom stereocenters. The molecule has 0 radical (unpaired) electrons. The molecule has 0 fully saturated rings. The van der Waals surface area contributed by atoms with E-state index in [2.05, 4.69) is 0 Å². The second-order valence-corrected chi connectivity index (χ2v) is 5.97. The molecule has 0 heterocycles. The Morgan fingerprint density at radius 2 is 1.95 bits per heavy atom. The smallest absolute Gasteiger partial charge is 0.244 e. The van der Waals surface area contributed by atoms with Crippen LogP contribution in [0, 0.1) is 13.8 Å². The van der Waals surface area contributed by atoms with E-state index >= 15 is 0 Å². The van der Waals surface area contributed by atoms with E-state index in [1.54, 1.807) is 11.8 Å². The van der Waals surface area contributed by atoms with Crippen LogP contribution in [-0.4, -0.2) is 30.5 Å². The second kappa shape index (κ2) is 7.65. The first-order valence-corrected chi connectivity index (χ1v) is 7.41. The summed E-state index contributed by atoms with van der Waals surface area (Å²) in [5, 5.41) is -0.547. The van der Waals surface area contributed by atoms with Gasteiger partial charge in [0, 0.05) is 12.2 Å². The third-order valence-corrected chi connectivity index (χ3v) is 3.21. The number of carbonyl (C=O) groups is 1. The number of carbonyl (C=O) groups excluding carboxylic acids is 1. The van der Waals surface area contributed by atoms with Gasteiger partial charge in [0.15, 0.2) is 0 Å². The lowest BCUT2D eigenvalue weighted by atomic mass is 10.1. The summed E-state index contributed by atoms with van der Waals surface area (Å²) in [4.78, 5) is 14.0. The molecule has 0 saturated heterocycles. The standard InChI is InChI=1S/C16H24ClNO2/c1-11(2)20-9-8-18(16(19)14(5)17)15-10-12(3)6-7-13(15)4/h6-7,10-11,14H,8-9H2,1-5H3. The van der Waals surface area contributed by atoms with Crippen molar-refractivity contribution in [1.29, 1.82) is 0 Å². The van der Waals surface area contributed by atoms with Gasteiger partial charge in [0.1, 0.15) is 5.38 Å². The summed E-state index contributed by atoms with van der Waals surface area (Å²) < 4.78 is 5.56. The van der Waals surface area contributed by atoms with Crippen LogP contribution in [-0.2, 0) is 9.53 Å². The maximum atomic E-state index is 12.3. The van der Waals surface area contributed by atoms with Gasteiger partial charge in [0.2, 0.25) is 5.91 Å². The van der Waals surface area contributed by atoms with Crippen molar-refractivity contribution in [2.45, 2.75) is 46.1 Å². The van der Waals surface area contributed by atoms with Gasteiger partial charge in [-0.05, 0) is 51.8 Å². The van der Waals surface area contributed by atoms with Crippen LogP contribution in [0.1, 0.15) is 31.9 Å². The number of amides is 1. The average molecular weight is 298 g/mol. The molecule has 0 bridgehead atoms. The number of ether oxygens (including phenoxy) is 1. The lowest BCUT2D eigenvalue weighted by Gasteiger charge is -2.26. The molecule has 0 aliphatic rings. The van der Waals surface area contributed by atoms with Crippen molar-refractivity contribution in [1.82, 2.24) is 0 Å². The van der Waals surface area contributed by atoms with Crippen molar-refractivity contribution < 1.29 is 9.53 Å². The van der Waals surface area contributed by atoms with Gasteiger partial charge in [-0.3, -0.25) is 4.79 Å². The zero-order valence-electron chi connectivity index (χ0n) is 12.9. The summed E-state index contributed by atoms with van der Waals surface area (Å²) in [7, 11) is 0. The number of alkyl halides is 1. The fraction of sp³-hybridized carbons (Fsp3) is 0.562. The predicted molar refractivity (Wildman–Crippen MR) is 84.7 cm³/mol. The average Bonchev–Trinajstić information content (AvgIpc) is 2.37. The lowest BCUT2D eigenvalue weighted by molar-refractivity contribution is -0.118. The Kier molecular flexibility index (Phi) is 6.50. The first kappa shape index (κ1) is 17.0. The third-order valence-electron chi connectivity index (χ3n) is 3.03. The fourth-order valence-corrected chi connectivity index (χ4v) is 2.07. The number of hydrogen-bond acceptors (Lipinski definition) is 2. The van der Waals surface area contributed by atoms with Crippen LogP contribution in [0.3, 0.4) is 0 Å². The number of anilines is 1. The van der Waals surface area contributed by atoms with Gasteiger partial charge in [-0.25, -0.2) is 0 Å². The topological polar surface area (TPSA) is 29.5 Å². The van der Waals surface area contributed by atoms with Crippen molar-refractivity contribution in [3.63, 3.8) is 0 Å². The van der Waals surface area contributed by atoms with E-state index in [0.717, 1.165) is 16.8 Å². The largest absolute Gasteiger partial charge is 0.377 e. The van der Waals surface area contributed by atoms with E-state index in [4.69, 9.17) is 16.3 Å². The van der Waals surface area contributed by atoms with Gasteiger partial charge in [-0.2, -0.15) is 0 Å². The van der Waals surface area contributed by atoms with E-state index in [1.165, 1.54) is 0 Å². The van der Waals surface area contributed by atoms with Gasteiger partial charge in [-0.15, -0.1) is 11.6 Å². The molecule has 1 rings (SSSR count). The van der Waals surface area contributed by atoms with Crippen molar-refractivity contribution in [3.05, 3.63) is 29.3 Å². The minimum Gasteiger partial charge on any atom is -0.377 e. The first-order chi connectivity index (χ1) is 9.32. The highest BCUT2D eigenvalue weighted by Gasteiger charge is 2.21. The Bertz CT molecular complexity index is 458. The van der Waals surface area contributed by atoms with Crippen molar-refractivity contribution in [2.24, 2.45) is 0 Å². The van der Waals surface area contributed by atoms with Gasteiger partial charge in [0.05, 0.1) is 12.7 Å². The maximum Gasteiger partial charge on any atom is 0.244 e. The fourth-order valence-electron chi connectivity index (χ4n) is 1.95. The van der Waals surface area contributed by atoms with Crippen molar-refractivity contribution in [2.75, 3.05) is 18.1 Å². The quantitative estimate of drug-likeness (QED) is 0.750. The van der Waals surface area contributed by atoms with Gasteiger partial charge < -0.3 is 9.64 Å². The second-order valence-electron chi connectivity index (χ2n) is 5.32. The van der Waals surface area contributed by atoms with Crippen LogP contribution in [0.15, 0.2) is 18.2 Å². The summed E-state index contributed by atoms with van der Waals surface area (Å²) in [6.45, 7) is 10.7. The Morgan fingerprint density at radius 3 is 2.50 bits per heavy atom. The molecule has 1 amide bonds. The Hall–Kier alpha value is -1.06. The number of aryl methyl sites for hydroxylation is 2. The molecule has 112 valence electrons. The summed E-state index contributed by atoms with van der Waals surface area (Å²) in [6, 6.07) is 6.07. The number of halogens is 1. The maximum absolute atomic E-state index is 12.3. The Morgan fingerprint density at radius 1 is 1.30 bits per heavy atom. The molecule has 1 aromatic rings. The SMILES string of the molecule is Cc1ccc(C)c(N(CCOC(C)C)C(=O)C(C)Cl)c1. The highest BCUT2D eigenvalue weighted by atomic mass is 35.5. The minimum atomic E-state index is -0.547. The zero-order chi connectivity index (χ0) is 15.3. The van der Waals surface area contributed by atoms with Crippen LogP contribution in [0.4, 0.5) is 5.69 Å². The van der Waals surface area contributed by atoms with Gasteiger partial charge in [-0.1, -0.05) is 12.1 Å². The molecular formula is C16H24ClNO2. The Labute approximate surface area is 126 Å². The first-order valence-electron chi connectivity index (χ1n) is 6.97. The highest BCUT2D eigenvalue weighted by Crippen LogP contribution is 2.23. The third kappa shape index (κ3) is 4.80. The molecule has 0 spiro atoms. The van der Waals surface area contributed by atoms with Crippen LogP contribution in [0.2, 0.25) is 0 Å². The molecule has 3 nitrogen and oxygen atoms in total. The predicted octanol–water partition coefficient (Wildman–Crippen LogP) is 3.69. The van der Waals surface area contributed by atoms with Gasteiger partial charge >= 0.3 is 0 Å². The van der Waals surface area contributed by atoms with Crippen LogP contribution >= 0.6 is 11.6 Å². The van der Waals surface area contributed by atoms with E-state index in [-0.39, 0.29) is 12.0 Å². The van der Waals surface area contributed by atoms with Gasteiger partial charge in [0.25, 0.3) is 0 Å². The van der Waals surface area contributed by atoms with E-state index in [1.807, 2.05) is 45.9 Å². The highest BCUT2D eigenvalue weighted by molar-refractivity contribution is 6.32. The molecule has 1 aromatic carbocycles. The summed E-state index contributed by atoms with van der Waals surface area (Å²) in [5.41, 5.74) is 3.09. The summed E-state index contributed by atoms with van der Waals surface area (Å²) in [6.07, 6.45) is 0.152. The van der Waals surface area contributed by atoms with Crippen molar-refractivity contribution >= 4 is 23.2 Å². The molecule has 0 N–H and O–H groups in total. The van der Waals surface area contributed by atoms with E-state index in [0.29, 0.717) is 13.2 Å². The number of rotatable bonds is 6. The van der Waals surface area contributed by atoms with E-state index in [9.17, 15) is 4.79 Å². The van der Waals surface area contributed by atoms with Crippen molar-refractivity contribution in [3.8, 4) is 0 Å². The van der Waals surface area contributed by atoms with Crippen LogP contribution < -0.4 is 4.90 Å². The Balaban J connectivity index is 2.97. The lowest BCUT2D eigenvalue weighted by Crippen LogP contribution is -2.39. The monoisotopic (exact) mass is 297 g/mol. The molecule has 0 aliphatic heterocycles. The molecule has 0 aliphatic carbocycles. The summed E-state index contributed by atoms with van der Waals surface area (Å²) in [5.74, 6) is -0.0901. The molecule has 1 unspecified atom stereocenters. The van der Waals surface area contributed by atoms with E-state index < -0.39 is 5.38 Å². The molecule has 20 heavy (non-hydrogen) atoms. The molecule has 0 saturated carbocycles. The molecule has 0 aromatic heterocycles. The molecular weight excluding hydrogens is 274 g/mol. The number of nitrogens with zero attached hydrogens (tertiary/aromatic N) is 1. The number of benzene rings is 1. The molecule has 4 heteroatoms. The number of hydrogen-bond donors (Lipinski definition) is 0. The zero-order valence-corrected chi connectivity index (χ0v) is 13.7.